The van der Waals surface area contributed by atoms with Crippen molar-refractivity contribution in [3.63, 3.8) is 0 Å². The quantitative estimate of drug-likeness (QED) is 0.514. The highest BCUT2D eigenvalue weighted by molar-refractivity contribution is 5.30. The Morgan fingerprint density at radius 2 is 1.71 bits per heavy atom. The third-order valence-corrected chi connectivity index (χ3v) is 4.04. The van der Waals surface area contributed by atoms with Gasteiger partial charge >= 0.3 is 0 Å². The maximum atomic E-state index is 5.34. The third-order valence-electron chi connectivity index (χ3n) is 4.04. The minimum atomic E-state index is 0.459. The molecule has 0 aliphatic heterocycles. The lowest BCUT2D eigenvalue weighted by Crippen LogP contribution is -2.20. The van der Waals surface area contributed by atoms with Gasteiger partial charge in [-0.25, -0.2) is 0 Å². The van der Waals surface area contributed by atoms with Gasteiger partial charge in [-0.05, 0) is 30.7 Å². The van der Waals surface area contributed by atoms with Crippen LogP contribution in [-0.2, 0) is 0 Å². The summed E-state index contributed by atoms with van der Waals surface area (Å²) in [4.78, 5) is 0. The van der Waals surface area contributed by atoms with E-state index in [9.17, 15) is 0 Å². The summed E-state index contributed by atoms with van der Waals surface area (Å²) >= 11 is 0. The van der Waals surface area contributed by atoms with Crippen LogP contribution in [0, 0.1) is 0 Å². The second-order valence-electron chi connectivity index (χ2n) is 5.80. The minimum Gasteiger partial charge on any atom is -0.497 e. The van der Waals surface area contributed by atoms with Gasteiger partial charge in [0.1, 0.15) is 5.75 Å². The smallest absolute Gasteiger partial charge is 0.119 e. The SMILES string of the molecule is CCCCCCCCCC(NCC)c1cccc(OC)c1. The van der Waals surface area contributed by atoms with E-state index in [1.165, 1.54) is 56.9 Å². The first-order valence-corrected chi connectivity index (χ1v) is 8.69. The normalized spacial score (nSPS) is 12.3. The molecule has 0 amide bonds. The minimum absolute atomic E-state index is 0.459. The molecular formula is C19H33NO. The number of rotatable bonds is 12. The lowest BCUT2D eigenvalue weighted by atomic mass is 9.99. The Hall–Kier alpha value is -1.02. The molecule has 0 aliphatic carbocycles. The first-order chi connectivity index (χ1) is 10.3. The zero-order valence-corrected chi connectivity index (χ0v) is 14.2. The second kappa shape index (κ2) is 11.6. The maximum Gasteiger partial charge on any atom is 0.119 e. The Morgan fingerprint density at radius 1 is 1.00 bits per heavy atom. The molecule has 0 bridgehead atoms. The molecule has 21 heavy (non-hydrogen) atoms. The summed E-state index contributed by atoms with van der Waals surface area (Å²) in [6.07, 6.45) is 10.8. The zero-order valence-electron chi connectivity index (χ0n) is 14.2. The van der Waals surface area contributed by atoms with Gasteiger partial charge in [0.25, 0.3) is 0 Å². The topological polar surface area (TPSA) is 21.3 Å². The van der Waals surface area contributed by atoms with E-state index in [0.717, 1.165) is 12.3 Å². The second-order valence-corrected chi connectivity index (χ2v) is 5.80. The molecule has 1 N–H and O–H groups in total. The lowest BCUT2D eigenvalue weighted by molar-refractivity contribution is 0.411. The fourth-order valence-electron chi connectivity index (χ4n) is 2.80. The van der Waals surface area contributed by atoms with Crippen LogP contribution in [0.2, 0.25) is 0 Å². The van der Waals surface area contributed by atoms with Gasteiger partial charge in [0.15, 0.2) is 0 Å². The summed E-state index contributed by atoms with van der Waals surface area (Å²) in [6.45, 7) is 5.46. The molecule has 0 fully saturated rings. The van der Waals surface area contributed by atoms with Crippen molar-refractivity contribution in [1.29, 1.82) is 0 Å². The number of nitrogens with one attached hydrogen (secondary N) is 1. The van der Waals surface area contributed by atoms with Crippen LogP contribution in [0.3, 0.4) is 0 Å². The molecule has 0 saturated heterocycles. The molecule has 0 spiro atoms. The molecule has 0 saturated carbocycles. The highest BCUT2D eigenvalue weighted by Gasteiger charge is 2.10. The van der Waals surface area contributed by atoms with Gasteiger partial charge in [-0.1, -0.05) is 70.9 Å². The number of unbranched alkanes of at least 4 members (excludes halogenated alkanes) is 6. The van der Waals surface area contributed by atoms with E-state index < -0.39 is 0 Å². The van der Waals surface area contributed by atoms with Crippen molar-refractivity contribution in [2.24, 2.45) is 0 Å². The number of methoxy groups -OCH3 is 1. The molecule has 1 unspecified atom stereocenters. The average molecular weight is 291 g/mol. The highest BCUT2D eigenvalue weighted by atomic mass is 16.5. The van der Waals surface area contributed by atoms with E-state index in [1.807, 2.05) is 6.07 Å². The van der Waals surface area contributed by atoms with Crippen LogP contribution in [0.4, 0.5) is 0 Å². The van der Waals surface area contributed by atoms with Gasteiger partial charge in [0.05, 0.1) is 7.11 Å². The van der Waals surface area contributed by atoms with Gasteiger partial charge in [-0.3, -0.25) is 0 Å². The van der Waals surface area contributed by atoms with Crippen LogP contribution in [0.15, 0.2) is 24.3 Å². The Kier molecular flexibility index (Phi) is 9.98. The third kappa shape index (κ3) is 7.52. The van der Waals surface area contributed by atoms with E-state index >= 15 is 0 Å². The number of ether oxygens (including phenoxy) is 1. The molecule has 1 aromatic rings. The van der Waals surface area contributed by atoms with Crippen molar-refractivity contribution in [2.45, 2.75) is 71.3 Å². The summed E-state index contributed by atoms with van der Waals surface area (Å²) in [7, 11) is 1.73. The van der Waals surface area contributed by atoms with Crippen LogP contribution in [0.25, 0.3) is 0 Å². The summed E-state index contributed by atoms with van der Waals surface area (Å²) in [5.41, 5.74) is 1.35. The van der Waals surface area contributed by atoms with Crippen LogP contribution in [-0.4, -0.2) is 13.7 Å². The van der Waals surface area contributed by atoms with Crippen molar-refractivity contribution < 1.29 is 4.74 Å². The summed E-state index contributed by atoms with van der Waals surface area (Å²) in [5, 5.41) is 3.61. The molecular weight excluding hydrogens is 258 g/mol. The predicted molar refractivity (Wildman–Crippen MR) is 92.0 cm³/mol. The Morgan fingerprint density at radius 3 is 2.38 bits per heavy atom. The van der Waals surface area contributed by atoms with Crippen molar-refractivity contribution in [1.82, 2.24) is 5.32 Å². The summed E-state index contributed by atoms with van der Waals surface area (Å²) in [6, 6.07) is 8.93. The van der Waals surface area contributed by atoms with Crippen LogP contribution in [0.5, 0.6) is 5.75 Å². The first-order valence-electron chi connectivity index (χ1n) is 8.69. The van der Waals surface area contributed by atoms with Crippen molar-refractivity contribution in [2.75, 3.05) is 13.7 Å². The molecule has 2 nitrogen and oxygen atoms in total. The Bertz CT molecular complexity index is 364. The molecule has 2 heteroatoms. The summed E-state index contributed by atoms with van der Waals surface area (Å²) < 4.78 is 5.34. The Labute approximate surface area is 131 Å². The molecule has 0 heterocycles. The van der Waals surface area contributed by atoms with E-state index in [0.29, 0.717) is 6.04 Å². The van der Waals surface area contributed by atoms with E-state index in [1.54, 1.807) is 7.11 Å². The van der Waals surface area contributed by atoms with Crippen LogP contribution < -0.4 is 10.1 Å². The molecule has 0 aliphatic rings. The molecule has 120 valence electrons. The standard InChI is InChI=1S/C19H33NO/c1-4-6-7-8-9-10-11-15-19(20-5-2)17-13-12-14-18(16-17)21-3/h12-14,16,19-20H,4-11,15H2,1-3H3. The molecule has 1 aromatic carbocycles. The average Bonchev–Trinajstić information content (AvgIpc) is 2.53. The maximum absolute atomic E-state index is 5.34. The van der Waals surface area contributed by atoms with Crippen molar-refractivity contribution in [3.8, 4) is 5.75 Å². The van der Waals surface area contributed by atoms with Gasteiger partial charge in [0.2, 0.25) is 0 Å². The van der Waals surface area contributed by atoms with E-state index in [4.69, 9.17) is 4.74 Å². The van der Waals surface area contributed by atoms with Crippen LogP contribution >= 0.6 is 0 Å². The fourth-order valence-corrected chi connectivity index (χ4v) is 2.80. The largest absolute Gasteiger partial charge is 0.497 e. The monoisotopic (exact) mass is 291 g/mol. The number of hydrogen-bond donors (Lipinski definition) is 1. The molecule has 0 aromatic heterocycles. The zero-order chi connectivity index (χ0) is 15.3. The molecule has 1 rings (SSSR count). The Balaban J connectivity index is 2.35. The van der Waals surface area contributed by atoms with Gasteiger partial charge in [-0.15, -0.1) is 0 Å². The highest BCUT2D eigenvalue weighted by Crippen LogP contribution is 2.24. The van der Waals surface area contributed by atoms with Gasteiger partial charge in [0, 0.05) is 6.04 Å². The lowest BCUT2D eigenvalue weighted by Gasteiger charge is -2.19. The molecule has 1 atom stereocenters. The van der Waals surface area contributed by atoms with Gasteiger partial charge in [-0.2, -0.15) is 0 Å². The first kappa shape index (κ1) is 18.0. The fraction of sp³-hybridized carbons (Fsp3) is 0.684. The van der Waals surface area contributed by atoms with Gasteiger partial charge < -0.3 is 10.1 Å². The predicted octanol–water partition coefficient (Wildman–Crippen LogP) is 5.49. The van der Waals surface area contributed by atoms with Crippen molar-refractivity contribution in [3.05, 3.63) is 29.8 Å². The molecule has 0 radical (unpaired) electrons. The van der Waals surface area contributed by atoms with E-state index in [-0.39, 0.29) is 0 Å². The van der Waals surface area contributed by atoms with Crippen LogP contribution in [0.1, 0.15) is 76.8 Å². The summed E-state index contributed by atoms with van der Waals surface area (Å²) in [5.74, 6) is 0.954. The van der Waals surface area contributed by atoms with Crippen molar-refractivity contribution >= 4 is 0 Å². The number of hydrogen-bond acceptors (Lipinski definition) is 2. The van der Waals surface area contributed by atoms with E-state index in [2.05, 4.69) is 37.4 Å². The number of benzene rings is 1.